The molecular weight excluding hydrogens is 358 g/mol. The number of anilines is 1. The maximum Gasteiger partial charge on any atom is 0.271 e. The zero-order valence-electron chi connectivity index (χ0n) is 15.4. The highest BCUT2D eigenvalue weighted by molar-refractivity contribution is 5.99. The van der Waals surface area contributed by atoms with Gasteiger partial charge in [-0.1, -0.05) is 11.6 Å². The molecule has 1 aliphatic carbocycles. The molecular formula is C21H21N3O4. The van der Waals surface area contributed by atoms with Gasteiger partial charge in [0.2, 0.25) is 5.91 Å². The van der Waals surface area contributed by atoms with Gasteiger partial charge in [0.25, 0.3) is 5.69 Å². The van der Waals surface area contributed by atoms with Crippen LogP contribution in [-0.4, -0.2) is 53.6 Å². The molecule has 0 aromatic heterocycles. The summed E-state index contributed by atoms with van der Waals surface area (Å²) in [5.41, 5.74) is 3.38. The highest BCUT2D eigenvalue weighted by Crippen LogP contribution is 2.65. The van der Waals surface area contributed by atoms with E-state index in [4.69, 9.17) is 4.74 Å². The second-order valence-electron chi connectivity index (χ2n) is 9.22. The van der Waals surface area contributed by atoms with Gasteiger partial charge >= 0.3 is 0 Å². The number of rotatable bonds is 1. The first kappa shape index (κ1) is 15.6. The topological polar surface area (TPSA) is 75.9 Å². The van der Waals surface area contributed by atoms with Crippen LogP contribution >= 0.6 is 0 Å². The summed E-state index contributed by atoms with van der Waals surface area (Å²) in [6.07, 6.45) is 4.73. The van der Waals surface area contributed by atoms with Gasteiger partial charge in [-0.15, -0.1) is 0 Å². The maximum atomic E-state index is 13.3. The van der Waals surface area contributed by atoms with Crippen LogP contribution in [0.5, 0.6) is 0 Å². The summed E-state index contributed by atoms with van der Waals surface area (Å²) in [5, 5.41) is 11.4. The number of carbonyl (C=O) groups is 1. The Morgan fingerprint density at radius 3 is 3.07 bits per heavy atom. The number of fused-ring (bicyclic) bond motifs is 2. The largest absolute Gasteiger partial charge is 0.373 e. The summed E-state index contributed by atoms with van der Waals surface area (Å²) in [7, 11) is 0. The number of ether oxygens (including phenoxy) is 1. The fraction of sp³-hybridized carbons (Fsp3) is 0.571. The van der Waals surface area contributed by atoms with Gasteiger partial charge in [0, 0.05) is 36.1 Å². The normalized spacial score (nSPS) is 42.1. The summed E-state index contributed by atoms with van der Waals surface area (Å²) >= 11 is 0. The second-order valence-corrected chi connectivity index (χ2v) is 9.22. The van der Waals surface area contributed by atoms with Crippen LogP contribution < -0.4 is 4.90 Å². The molecule has 1 spiro atoms. The third-order valence-electron chi connectivity index (χ3n) is 8.51. The molecule has 5 aliphatic heterocycles. The van der Waals surface area contributed by atoms with Gasteiger partial charge < -0.3 is 9.64 Å². The van der Waals surface area contributed by atoms with Crippen LogP contribution in [-0.2, 0) is 14.9 Å². The van der Waals surface area contributed by atoms with Gasteiger partial charge in [-0.25, -0.2) is 0 Å². The van der Waals surface area contributed by atoms with E-state index in [1.807, 2.05) is 11.0 Å². The summed E-state index contributed by atoms with van der Waals surface area (Å²) in [5.74, 6) is 0.811. The van der Waals surface area contributed by atoms with Crippen molar-refractivity contribution in [2.75, 3.05) is 24.6 Å². The van der Waals surface area contributed by atoms with Crippen LogP contribution in [0, 0.1) is 22.0 Å². The van der Waals surface area contributed by atoms with Crippen molar-refractivity contribution in [2.24, 2.45) is 11.8 Å². The standard InChI is InChI=1S/C21H21N3O4/c25-18-9-16-19-13-8-17-21(4-5-22(17)10-11(13)3-6-28-16)14-2-1-12(24(26)27)7-15(14)23(18)20(19)21/h1-3,7,13,16-17,19-20H,4-6,8-10H2/t13-,16-,17-,19-,20-,21?/m0/s1. The fourth-order valence-corrected chi connectivity index (χ4v) is 7.66. The number of carbonyl (C=O) groups excluding carboxylic acids is 1. The monoisotopic (exact) mass is 379 g/mol. The summed E-state index contributed by atoms with van der Waals surface area (Å²) in [6, 6.07) is 5.68. The number of non-ortho nitro benzene ring substituents is 1. The van der Waals surface area contributed by atoms with Gasteiger partial charge in [-0.05, 0) is 36.9 Å². The van der Waals surface area contributed by atoms with Crippen LogP contribution in [0.3, 0.4) is 0 Å². The molecule has 0 radical (unpaired) electrons. The predicted octanol–water partition coefficient (Wildman–Crippen LogP) is 2.00. The molecule has 7 nitrogen and oxygen atoms in total. The smallest absolute Gasteiger partial charge is 0.271 e. The van der Waals surface area contributed by atoms with E-state index in [2.05, 4.69) is 11.0 Å². The number of amides is 1. The minimum atomic E-state index is -0.355. The van der Waals surface area contributed by atoms with Crippen molar-refractivity contribution in [2.45, 2.75) is 42.9 Å². The van der Waals surface area contributed by atoms with Gasteiger partial charge in [0.15, 0.2) is 0 Å². The Balaban J connectivity index is 1.52. The molecule has 28 heavy (non-hydrogen) atoms. The van der Waals surface area contributed by atoms with Crippen LogP contribution in [0.2, 0.25) is 0 Å². The van der Waals surface area contributed by atoms with E-state index in [1.165, 1.54) is 5.57 Å². The summed E-state index contributed by atoms with van der Waals surface area (Å²) in [4.78, 5) is 28.9. The number of hydrogen-bond acceptors (Lipinski definition) is 5. The molecule has 6 aliphatic rings. The Labute approximate surface area is 162 Å². The van der Waals surface area contributed by atoms with Crippen LogP contribution in [0.4, 0.5) is 11.4 Å². The Morgan fingerprint density at radius 1 is 1.32 bits per heavy atom. The number of benzene rings is 1. The van der Waals surface area contributed by atoms with Crippen molar-refractivity contribution < 1.29 is 14.5 Å². The molecule has 7 rings (SSSR count). The summed E-state index contributed by atoms with van der Waals surface area (Å²) < 4.78 is 6.20. The second kappa shape index (κ2) is 4.83. The number of nitrogens with zero attached hydrogens (tertiary/aromatic N) is 3. The lowest BCUT2D eigenvalue weighted by atomic mass is 9.53. The molecule has 1 unspecified atom stereocenters. The van der Waals surface area contributed by atoms with E-state index in [-0.39, 0.29) is 40.0 Å². The minimum Gasteiger partial charge on any atom is -0.373 e. The first-order chi connectivity index (χ1) is 13.6. The molecule has 1 saturated carbocycles. The molecule has 6 atom stereocenters. The lowest BCUT2D eigenvalue weighted by Gasteiger charge is -2.58. The third-order valence-corrected chi connectivity index (χ3v) is 8.51. The van der Waals surface area contributed by atoms with Crippen molar-refractivity contribution in [3.8, 4) is 0 Å². The van der Waals surface area contributed by atoms with Crippen molar-refractivity contribution >= 4 is 17.3 Å². The molecule has 1 aromatic carbocycles. The number of nitro benzene ring substituents is 1. The molecule has 2 bridgehead atoms. The molecule has 0 N–H and O–H groups in total. The van der Waals surface area contributed by atoms with E-state index < -0.39 is 0 Å². The first-order valence-electron chi connectivity index (χ1n) is 10.2. The van der Waals surface area contributed by atoms with Crippen molar-refractivity contribution in [3.63, 3.8) is 0 Å². The van der Waals surface area contributed by atoms with Crippen molar-refractivity contribution in [1.29, 1.82) is 0 Å². The molecule has 3 saturated heterocycles. The third kappa shape index (κ3) is 1.56. The van der Waals surface area contributed by atoms with E-state index in [0.29, 0.717) is 25.0 Å². The molecule has 4 fully saturated rings. The molecule has 7 heteroatoms. The average molecular weight is 379 g/mol. The van der Waals surface area contributed by atoms with Crippen LogP contribution in [0.15, 0.2) is 29.8 Å². The molecule has 1 aromatic rings. The van der Waals surface area contributed by atoms with Crippen molar-refractivity contribution in [1.82, 2.24) is 4.90 Å². The van der Waals surface area contributed by atoms with E-state index in [9.17, 15) is 14.9 Å². The van der Waals surface area contributed by atoms with Crippen LogP contribution in [0.1, 0.15) is 24.8 Å². The molecule has 1 amide bonds. The minimum absolute atomic E-state index is 0.0400. The fourth-order valence-electron chi connectivity index (χ4n) is 7.66. The predicted molar refractivity (Wildman–Crippen MR) is 100 cm³/mol. The molecule has 144 valence electrons. The maximum absolute atomic E-state index is 13.3. The van der Waals surface area contributed by atoms with E-state index >= 15 is 0 Å². The Hall–Kier alpha value is -2.25. The van der Waals surface area contributed by atoms with Crippen molar-refractivity contribution in [3.05, 3.63) is 45.5 Å². The number of hydrogen-bond donors (Lipinski definition) is 0. The lowest BCUT2D eigenvalue weighted by Crippen LogP contribution is -2.69. The van der Waals surface area contributed by atoms with Gasteiger partial charge in [-0.3, -0.25) is 19.8 Å². The van der Waals surface area contributed by atoms with E-state index in [1.54, 1.807) is 12.1 Å². The number of piperidine rings is 2. The Morgan fingerprint density at radius 2 is 2.21 bits per heavy atom. The Bertz CT molecular complexity index is 990. The summed E-state index contributed by atoms with van der Waals surface area (Å²) in [6.45, 7) is 2.63. The quantitative estimate of drug-likeness (QED) is 0.424. The highest BCUT2D eigenvalue weighted by Gasteiger charge is 2.71. The highest BCUT2D eigenvalue weighted by atomic mass is 16.6. The van der Waals surface area contributed by atoms with Crippen LogP contribution in [0.25, 0.3) is 0 Å². The zero-order valence-corrected chi connectivity index (χ0v) is 15.4. The van der Waals surface area contributed by atoms with Gasteiger partial charge in [0.05, 0.1) is 35.8 Å². The average Bonchev–Trinajstić information content (AvgIpc) is 3.15. The number of nitro groups is 1. The SMILES string of the molecule is O=C1C[C@@H]2OCC=C3CN4CCC56c7ccc([N+](=O)[O-])cc7N1[C@H]5[C@H]2[C@H]3C[C@H]46. The van der Waals surface area contributed by atoms with Gasteiger partial charge in [0.1, 0.15) is 0 Å². The zero-order chi connectivity index (χ0) is 18.8. The van der Waals surface area contributed by atoms with E-state index in [0.717, 1.165) is 37.2 Å². The molecule has 5 heterocycles. The first-order valence-corrected chi connectivity index (χ1v) is 10.2. The van der Waals surface area contributed by atoms with Gasteiger partial charge in [-0.2, -0.15) is 0 Å². The lowest BCUT2D eigenvalue weighted by molar-refractivity contribution is -0.384. The Kier molecular flexibility index (Phi) is 2.70.